The molecule has 0 radical (unpaired) electrons. The minimum Gasteiger partial charge on any atom is -0.480 e. The molecule has 5 nitrogen and oxygen atoms in total. The number of carbonyl (C=O) groups is 2. The zero-order valence-electron chi connectivity index (χ0n) is 12.2. The Morgan fingerprint density at radius 3 is 2.91 bits per heavy atom. The Hall–Kier alpha value is -1.92. The third-order valence-corrected chi connectivity index (χ3v) is 4.97. The summed E-state index contributed by atoms with van der Waals surface area (Å²) >= 11 is 7.32. The zero-order valence-corrected chi connectivity index (χ0v) is 13.8. The lowest BCUT2D eigenvalue weighted by Gasteiger charge is -2.32. The summed E-state index contributed by atoms with van der Waals surface area (Å²) in [6.45, 7) is 0.458. The number of aromatic nitrogens is 1. The maximum absolute atomic E-state index is 12.6. The zero-order chi connectivity index (χ0) is 16.4. The van der Waals surface area contributed by atoms with Crippen molar-refractivity contribution >= 4 is 34.8 Å². The number of nitrogens with zero attached hydrogens (tertiary/aromatic N) is 2. The van der Waals surface area contributed by atoms with Crippen LogP contribution in [-0.2, 0) is 4.79 Å². The highest BCUT2D eigenvalue weighted by molar-refractivity contribution is 7.13. The van der Waals surface area contributed by atoms with Gasteiger partial charge in [-0.1, -0.05) is 23.7 Å². The molecule has 7 heteroatoms. The first-order valence-electron chi connectivity index (χ1n) is 7.31. The van der Waals surface area contributed by atoms with E-state index in [9.17, 15) is 14.7 Å². The van der Waals surface area contributed by atoms with Gasteiger partial charge in [0.15, 0.2) is 0 Å². The standard InChI is InChI=1S/C16H15ClN2O3S/c17-11-5-3-4-10(8-11)14-18-12(9-23-14)15(20)19-7-2-1-6-13(19)16(21)22/h3-5,8-9,13H,1-2,6-7H2,(H,21,22)/t13-/m1/s1. The quantitative estimate of drug-likeness (QED) is 0.919. The van der Waals surface area contributed by atoms with Crippen molar-refractivity contribution in [3.8, 4) is 10.6 Å². The van der Waals surface area contributed by atoms with Crippen LogP contribution in [0.15, 0.2) is 29.6 Å². The summed E-state index contributed by atoms with van der Waals surface area (Å²) < 4.78 is 0. The number of likely N-dealkylation sites (tertiary alicyclic amines) is 1. The first kappa shape index (κ1) is 16.0. The molecule has 0 saturated carbocycles. The third kappa shape index (κ3) is 3.38. The summed E-state index contributed by atoms with van der Waals surface area (Å²) in [4.78, 5) is 29.7. The second-order valence-corrected chi connectivity index (χ2v) is 6.69. The van der Waals surface area contributed by atoms with Gasteiger partial charge >= 0.3 is 5.97 Å². The second-order valence-electron chi connectivity index (χ2n) is 5.40. The van der Waals surface area contributed by atoms with E-state index in [1.165, 1.54) is 16.2 Å². The lowest BCUT2D eigenvalue weighted by molar-refractivity contribution is -0.143. The number of carbonyl (C=O) groups excluding carboxylic acids is 1. The van der Waals surface area contributed by atoms with E-state index in [1.54, 1.807) is 17.5 Å². The molecule has 1 fully saturated rings. The summed E-state index contributed by atoms with van der Waals surface area (Å²) in [5.74, 6) is -1.27. The van der Waals surface area contributed by atoms with Crippen molar-refractivity contribution in [3.63, 3.8) is 0 Å². The molecule has 3 rings (SSSR count). The summed E-state index contributed by atoms with van der Waals surface area (Å²) in [6.07, 6.45) is 2.14. The van der Waals surface area contributed by atoms with Crippen molar-refractivity contribution in [2.24, 2.45) is 0 Å². The van der Waals surface area contributed by atoms with Gasteiger partial charge in [0.1, 0.15) is 16.7 Å². The monoisotopic (exact) mass is 350 g/mol. The largest absolute Gasteiger partial charge is 0.480 e. The fraction of sp³-hybridized carbons (Fsp3) is 0.312. The fourth-order valence-electron chi connectivity index (χ4n) is 2.70. The van der Waals surface area contributed by atoms with E-state index in [2.05, 4.69) is 4.98 Å². The van der Waals surface area contributed by atoms with E-state index >= 15 is 0 Å². The molecular formula is C16H15ClN2O3S. The third-order valence-electron chi connectivity index (χ3n) is 3.84. The molecule has 1 amide bonds. The van der Waals surface area contributed by atoms with Crippen LogP contribution in [0, 0.1) is 0 Å². The highest BCUT2D eigenvalue weighted by Gasteiger charge is 2.33. The molecular weight excluding hydrogens is 336 g/mol. The van der Waals surface area contributed by atoms with Crippen LogP contribution in [0.1, 0.15) is 29.8 Å². The van der Waals surface area contributed by atoms with Crippen LogP contribution in [0.2, 0.25) is 5.02 Å². The minimum absolute atomic E-state index is 0.290. The second kappa shape index (κ2) is 6.68. The normalized spacial score (nSPS) is 18.0. The van der Waals surface area contributed by atoms with Gasteiger partial charge in [-0.25, -0.2) is 9.78 Å². The molecule has 23 heavy (non-hydrogen) atoms. The molecule has 1 aromatic carbocycles. The summed E-state index contributed by atoms with van der Waals surface area (Å²) in [5.41, 5.74) is 1.13. The van der Waals surface area contributed by atoms with Crippen molar-refractivity contribution in [1.29, 1.82) is 0 Å². The molecule has 1 aliphatic rings. The highest BCUT2D eigenvalue weighted by atomic mass is 35.5. The number of aliphatic carboxylic acids is 1. The number of hydrogen-bond acceptors (Lipinski definition) is 4. The van der Waals surface area contributed by atoms with E-state index in [0.717, 1.165) is 18.4 Å². The predicted molar refractivity (Wildman–Crippen MR) is 88.9 cm³/mol. The Bertz CT molecular complexity index is 746. The molecule has 0 unspecified atom stereocenters. The van der Waals surface area contributed by atoms with E-state index in [4.69, 9.17) is 11.6 Å². The highest BCUT2D eigenvalue weighted by Crippen LogP contribution is 2.27. The average molecular weight is 351 g/mol. The molecule has 1 atom stereocenters. The molecule has 1 saturated heterocycles. The van der Waals surface area contributed by atoms with E-state index < -0.39 is 12.0 Å². The molecule has 0 spiro atoms. The molecule has 2 aromatic rings. The summed E-state index contributed by atoms with van der Waals surface area (Å²) in [7, 11) is 0. The Kier molecular flexibility index (Phi) is 4.63. The van der Waals surface area contributed by atoms with Crippen LogP contribution >= 0.6 is 22.9 Å². The SMILES string of the molecule is O=C(O)[C@H]1CCCCN1C(=O)c1csc(-c2cccc(Cl)c2)n1. The van der Waals surface area contributed by atoms with Gasteiger partial charge in [-0.05, 0) is 31.4 Å². The van der Waals surface area contributed by atoms with Crippen molar-refractivity contribution in [2.75, 3.05) is 6.54 Å². The number of piperidine rings is 1. The van der Waals surface area contributed by atoms with Crippen molar-refractivity contribution in [2.45, 2.75) is 25.3 Å². The molecule has 1 aliphatic heterocycles. The summed E-state index contributed by atoms with van der Waals surface area (Å²) in [6, 6.07) is 6.50. The Balaban J connectivity index is 1.84. The van der Waals surface area contributed by atoms with Gasteiger partial charge < -0.3 is 10.0 Å². The molecule has 1 N–H and O–H groups in total. The molecule has 1 aromatic heterocycles. The molecule has 2 heterocycles. The predicted octanol–water partition coefficient (Wildman–Crippen LogP) is 3.54. The number of hydrogen-bond donors (Lipinski definition) is 1. The molecule has 120 valence electrons. The van der Waals surface area contributed by atoms with Crippen molar-refractivity contribution < 1.29 is 14.7 Å². The first-order valence-corrected chi connectivity index (χ1v) is 8.57. The smallest absolute Gasteiger partial charge is 0.326 e. The molecule has 0 aliphatic carbocycles. The van der Waals surface area contributed by atoms with Crippen LogP contribution in [0.5, 0.6) is 0 Å². The average Bonchev–Trinajstić information content (AvgIpc) is 3.04. The van der Waals surface area contributed by atoms with Crippen molar-refractivity contribution in [3.05, 3.63) is 40.4 Å². The van der Waals surface area contributed by atoms with Crippen LogP contribution in [0.25, 0.3) is 10.6 Å². The number of halogens is 1. The van der Waals surface area contributed by atoms with Gasteiger partial charge in [-0.15, -0.1) is 11.3 Å². The van der Waals surface area contributed by atoms with Gasteiger partial charge in [-0.3, -0.25) is 4.79 Å². The topological polar surface area (TPSA) is 70.5 Å². The Morgan fingerprint density at radius 1 is 1.35 bits per heavy atom. The maximum Gasteiger partial charge on any atom is 0.326 e. The van der Waals surface area contributed by atoms with Crippen LogP contribution in [0.3, 0.4) is 0 Å². The number of benzene rings is 1. The summed E-state index contributed by atoms with van der Waals surface area (Å²) in [5, 5.41) is 12.3. The van der Waals surface area contributed by atoms with Gasteiger partial charge in [0.05, 0.1) is 0 Å². The fourth-order valence-corrected chi connectivity index (χ4v) is 3.69. The number of carboxylic acids is 1. The van der Waals surface area contributed by atoms with E-state index in [1.807, 2.05) is 12.1 Å². The lowest BCUT2D eigenvalue weighted by atomic mass is 10.0. The number of amides is 1. The number of rotatable bonds is 3. The van der Waals surface area contributed by atoms with Gasteiger partial charge in [0.25, 0.3) is 5.91 Å². The van der Waals surface area contributed by atoms with Crippen LogP contribution in [-0.4, -0.2) is 39.5 Å². The van der Waals surface area contributed by atoms with Crippen LogP contribution < -0.4 is 0 Å². The Labute approximate surface area is 142 Å². The first-order chi connectivity index (χ1) is 11.1. The Morgan fingerprint density at radius 2 is 2.17 bits per heavy atom. The number of thiazole rings is 1. The van der Waals surface area contributed by atoms with E-state index in [-0.39, 0.29) is 11.6 Å². The lowest BCUT2D eigenvalue weighted by Crippen LogP contribution is -2.48. The van der Waals surface area contributed by atoms with Gasteiger partial charge in [-0.2, -0.15) is 0 Å². The van der Waals surface area contributed by atoms with Crippen molar-refractivity contribution in [1.82, 2.24) is 9.88 Å². The van der Waals surface area contributed by atoms with Crippen LogP contribution in [0.4, 0.5) is 0 Å². The van der Waals surface area contributed by atoms with Gasteiger partial charge in [0, 0.05) is 22.5 Å². The maximum atomic E-state index is 12.6. The molecule has 0 bridgehead atoms. The van der Waals surface area contributed by atoms with E-state index in [0.29, 0.717) is 23.0 Å². The minimum atomic E-state index is -0.955. The van der Waals surface area contributed by atoms with Gasteiger partial charge in [0.2, 0.25) is 0 Å². The number of carboxylic acid groups (broad SMARTS) is 1.